The van der Waals surface area contributed by atoms with Crippen LogP contribution in [0.2, 0.25) is 5.02 Å². The molecule has 0 aliphatic carbocycles. The molecular formula is C17H19ClN2O4. The number of ether oxygens (including phenoxy) is 1. The first kappa shape index (κ1) is 18.0. The largest absolute Gasteiger partial charge is 0.469 e. The van der Waals surface area contributed by atoms with Gasteiger partial charge >= 0.3 is 5.97 Å². The van der Waals surface area contributed by atoms with Crippen LogP contribution >= 0.6 is 11.6 Å². The summed E-state index contributed by atoms with van der Waals surface area (Å²) in [6.07, 6.45) is 0.533. The van der Waals surface area contributed by atoms with Crippen molar-refractivity contribution in [3.05, 3.63) is 51.9 Å². The van der Waals surface area contributed by atoms with Gasteiger partial charge in [-0.05, 0) is 25.0 Å². The Morgan fingerprint density at radius 1 is 1.38 bits per heavy atom. The lowest BCUT2D eigenvalue weighted by molar-refractivity contribution is -0.141. The highest BCUT2D eigenvalue weighted by atomic mass is 35.5. The molecule has 1 amide bonds. The zero-order valence-electron chi connectivity index (χ0n) is 13.8. The van der Waals surface area contributed by atoms with E-state index < -0.39 is 12.0 Å². The minimum absolute atomic E-state index is 0.0300. The highest BCUT2D eigenvalue weighted by Gasteiger charge is 2.25. The van der Waals surface area contributed by atoms with E-state index in [0.29, 0.717) is 34.0 Å². The van der Waals surface area contributed by atoms with Gasteiger partial charge in [0.2, 0.25) is 0 Å². The second-order valence-corrected chi connectivity index (χ2v) is 5.65. The number of nitrogens with zero attached hydrogens (tertiary/aromatic N) is 1. The Kier molecular flexibility index (Phi) is 5.98. The number of amides is 1. The summed E-state index contributed by atoms with van der Waals surface area (Å²) < 4.78 is 9.81. The Labute approximate surface area is 145 Å². The van der Waals surface area contributed by atoms with Crippen molar-refractivity contribution in [2.24, 2.45) is 0 Å². The van der Waals surface area contributed by atoms with Crippen LogP contribution in [-0.4, -0.2) is 24.1 Å². The van der Waals surface area contributed by atoms with Crippen LogP contribution in [-0.2, 0) is 16.0 Å². The molecular weight excluding hydrogens is 332 g/mol. The zero-order valence-corrected chi connectivity index (χ0v) is 14.5. The number of rotatable bonds is 6. The van der Waals surface area contributed by atoms with Gasteiger partial charge in [0.05, 0.1) is 25.3 Å². The number of esters is 1. The molecule has 0 aliphatic heterocycles. The summed E-state index contributed by atoms with van der Waals surface area (Å²) in [5.74, 6) is -0.377. The molecule has 0 saturated heterocycles. The molecule has 1 aromatic heterocycles. The monoisotopic (exact) mass is 350 g/mol. The molecule has 0 bridgehead atoms. The van der Waals surface area contributed by atoms with E-state index in [1.807, 2.05) is 6.92 Å². The van der Waals surface area contributed by atoms with E-state index in [4.69, 9.17) is 20.9 Å². The van der Waals surface area contributed by atoms with E-state index in [1.54, 1.807) is 31.2 Å². The molecule has 1 atom stereocenters. The van der Waals surface area contributed by atoms with Crippen molar-refractivity contribution in [1.82, 2.24) is 10.5 Å². The molecule has 1 unspecified atom stereocenters. The van der Waals surface area contributed by atoms with Crippen LogP contribution in [0.3, 0.4) is 0 Å². The first-order valence-corrected chi connectivity index (χ1v) is 7.93. The lowest BCUT2D eigenvalue weighted by Crippen LogP contribution is -2.31. The molecule has 0 spiro atoms. The molecule has 6 nitrogen and oxygen atoms in total. The summed E-state index contributed by atoms with van der Waals surface area (Å²) in [5, 5.41) is 7.17. The Balaban J connectivity index is 2.31. The molecule has 1 N–H and O–H groups in total. The van der Waals surface area contributed by atoms with Gasteiger partial charge in [0.1, 0.15) is 11.3 Å². The molecule has 0 aliphatic rings. The van der Waals surface area contributed by atoms with Crippen molar-refractivity contribution >= 4 is 23.5 Å². The van der Waals surface area contributed by atoms with Crippen LogP contribution in [0.1, 0.15) is 46.8 Å². The average Bonchev–Trinajstić information content (AvgIpc) is 2.95. The van der Waals surface area contributed by atoms with Crippen molar-refractivity contribution < 1.29 is 18.8 Å². The van der Waals surface area contributed by atoms with Gasteiger partial charge in [-0.3, -0.25) is 9.59 Å². The Morgan fingerprint density at radius 2 is 2.08 bits per heavy atom. The normalized spacial score (nSPS) is 11.8. The van der Waals surface area contributed by atoms with Gasteiger partial charge in [-0.2, -0.15) is 0 Å². The van der Waals surface area contributed by atoms with Crippen LogP contribution in [0, 0.1) is 6.92 Å². The number of methoxy groups -OCH3 is 1. The van der Waals surface area contributed by atoms with Crippen LogP contribution in [0.15, 0.2) is 28.8 Å². The molecule has 0 saturated carbocycles. The highest BCUT2D eigenvalue weighted by molar-refractivity contribution is 6.31. The first-order chi connectivity index (χ1) is 11.5. The second-order valence-electron chi connectivity index (χ2n) is 5.24. The summed E-state index contributed by atoms with van der Waals surface area (Å²) in [6, 6.07) is 6.42. The molecule has 1 heterocycles. The van der Waals surface area contributed by atoms with Gasteiger partial charge in [-0.25, -0.2) is 0 Å². The predicted molar refractivity (Wildman–Crippen MR) is 88.9 cm³/mol. The summed E-state index contributed by atoms with van der Waals surface area (Å²) in [7, 11) is 1.30. The highest BCUT2D eigenvalue weighted by Crippen LogP contribution is 2.26. The number of halogens is 1. The zero-order chi connectivity index (χ0) is 17.7. The molecule has 128 valence electrons. The van der Waals surface area contributed by atoms with Crippen molar-refractivity contribution in [3.8, 4) is 0 Å². The van der Waals surface area contributed by atoms with Crippen LogP contribution in [0.5, 0.6) is 0 Å². The van der Waals surface area contributed by atoms with Crippen LogP contribution < -0.4 is 5.32 Å². The summed E-state index contributed by atoms with van der Waals surface area (Å²) in [5.41, 5.74) is 1.60. The predicted octanol–water partition coefficient (Wildman–Crippen LogP) is 3.23. The third-order valence-electron chi connectivity index (χ3n) is 3.68. The summed E-state index contributed by atoms with van der Waals surface area (Å²) >= 11 is 6.21. The Hall–Kier alpha value is -2.34. The smallest absolute Gasteiger partial charge is 0.307 e. The standard InChI is InChI=1S/C17H19ClN2O4/c1-4-13-16(10(2)24-20-13)17(22)19-14(9-15(21)23-3)11-7-5-6-8-12(11)18/h5-8,14H,4,9H2,1-3H3,(H,19,22). The van der Waals surface area contributed by atoms with Gasteiger partial charge in [-0.15, -0.1) is 0 Å². The van der Waals surface area contributed by atoms with Gasteiger partial charge in [-0.1, -0.05) is 41.9 Å². The lowest BCUT2D eigenvalue weighted by Gasteiger charge is -2.19. The van der Waals surface area contributed by atoms with E-state index in [2.05, 4.69) is 10.5 Å². The number of aryl methyl sites for hydroxylation is 2. The summed E-state index contributed by atoms with van der Waals surface area (Å²) in [4.78, 5) is 24.4. The van der Waals surface area contributed by atoms with Crippen molar-refractivity contribution in [2.75, 3.05) is 7.11 Å². The van der Waals surface area contributed by atoms with E-state index in [9.17, 15) is 9.59 Å². The second kappa shape index (κ2) is 7.97. The minimum atomic E-state index is -0.613. The number of benzene rings is 1. The summed E-state index contributed by atoms with van der Waals surface area (Å²) in [6.45, 7) is 3.56. The van der Waals surface area contributed by atoms with Crippen LogP contribution in [0.25, 0.3) is 0 Å². The van der Waals surface area contributed by atoms with Gasteiger partial charge < -0.3 is 14.6 Å². The quantitative estimate of drug-likeness (QED) is 0.809. The topological polar surface area (TPSA) is 81.4 Å². The third kappa shape index (κ3) is 3.94. The maximum absolute atomic E-state index is 12.7. The molecule has 0 fully saturated rings. The van der Waals surface area contributed by atoms with Gasteiger partial charge in [0.15, 0.2) is 0 Å². The fraction of sp³-hybridized carbons (Fsp3) is 0.353. The molecule has 1 aromatic carbocycles. The van der Waals surface area contributed by atoms with Crippen molar-refractivity contribution in [3.63, 3.8) is 0 Å². The number of carbonyl (C=O) groups is 2. The molecule has 2 aromatic rings. The first-order valence-electron chi connectivity index (χ1n) is 7.55. The van der Waals surface area contributed by atoms with E-state index >= 15 is 0 Å². The number of nitrogens with one attached hydrogen (secondary N) is 1. The fourth-order valence-corrected chi connectivity index (χ4v) is 2.69. The minimum Gasteiger partial charge on any atom is -0.469 e. The Morgan fingerprint density at radius 3 is 2.71 bits per heavy atom. The SMILES string of the molecule is CCc1noc(C)c1C(=O)NC(CC(=O)OC)c1ccccc1Cl. The van der Waals surface area contributed by atoms with Gasteiger partial charge in [0.25, 0.3) is 5.91 Å². The molecule has 7 heteroatoms. The average molecular weight is 351 g/mol. The number of aromatic nitrogens is 1. The van der Waals surface area contributed by atoms with E-state index in [-0.39, 0.29) is 12.3 Å². The lowest BCUT2D eigenvalue weighted by atomic mass is 10.0. The van der Waals surface area contributed by atoms with Gasteiger partial charge in [0, 0.05) is 5.02 Å². The van der Waals surface area contributed by atoms with Crippen molar-refractivity contribution in [1.29, 1.82) is 0 Å². The number of hydrogen-bond acceptors (Lipinski definition) is 5. The number of carbonyl (C=O) groups excluding carboxylic acids is 2. The molecule has 0 radical (unpaired) electrons. The maximum atomic E-state index is 12.7. The maximum Gasteiger partial charge on any atom is 0.307 e. The molecule has 2 rings (SSSR count). The fourth-order valence-electron chi connectivity index (χ4n) is 2.43. The van der Waals surface area contributed by atoms with E-state index in [1.165, 1.54) is 7.11 Å². The van der Waals surface area contributed by atoms with E-state index in [0.717, 1.165) is 0 Å². The Bertz CT molecular complexity index is 742. The third-order valence-corrected chi connectivity index (χ3v) is 4.02. The van der Waals surface area contributed by atoms with Crippen LogP contribution in [0.4, 0.5) is 0 Å². The molecule has 24 heavy (non-hydrogen) atoms. The number of hydrogen-bond donors (Lipinski definition) is 1. The van der Waals surface area contributed by atoms with Crippen molar-refractivity contribution in [2.45, 2.75) is 32.7 Å².